The first kappa shape index (κ1) is 17.0. The fourth-order valence-electron chi connectivity index (χ4n) is 2.62. The minimum atomic E-state index is -0.278. The van der Waals surface area contributed by atoms with Crippen LogP contribution < -0.4 is 10.1 Å². The summed E-state index contributed by atoms with van der Waals surface area (Å²) in [6, 6.07) is 5.54. The minimum Gasteiger partial charge on any atom is -0.494 e. The second-order valence-electron chi connectivity index (χ2n) is 5.24. The molecule has 2 nitrogen and oxygen atoms in total. The Morgan fingerprint density at radius 1 is 1.38 bits per heavy atom. The molecule has 3 unspecified atom stereocenters. The normalized spacial score (nSPS) is 23.8. The van der Waals surface area contributed by atoms with Crippen molar-refractivity contribution in [3.63, 3.8) is 0 Å². The topological polar surface area (TPSA) is 21.3 Å². The molecular formula is C16H24FNOS2. The minimum absolute atomic E-state index is 0.193. The number of benzene rings is 1. The van der Waals surface area contributed by atoms with Gasteiger partial charge in [-0.15, -0.1) is 0 Å². The molecule has 0 bridgehead atoms. The lowest BCUT2D eigenvalue weighted by Crippen LogP contribution is -2.38. The van der Waals surface area contributed by atoms with E-state index in [2.05, 4.69) is 19.2 Å². The zero-order valence-electron chi connectivity index (χ0n) is 12.9. The van der Waals surface area contributed by atoms with Gasteiger partial charge in [-0.25, -0.2) is 4.39 Å². The van der Waals surface area contributed by atoms with Crippen LogP contribution in [0.25, 0.3) is 0 Å². The van der Waals surface area contributed by atoms with Crippen LogP contribution in [0.15, 0.2) is 18.2 Å². The zero-order chi connectivity index (χ0) is 15.2. The van der Waals surface area contributed by atoms with E-state index in [1.54, 1.807) is 12.1 Å². The largest absolute Gasteiger partial charge is 0.494 e. The summed E-state index contributed by atoms with van der Waals surface area (Å²) in [5, 5.41) is 4.66. The first-order chi connectivity index (χ1) is 10.2. The predicted molar refractivity (Wildman–Crippen MR) is 92.2 cm³/mol. The Balaban J connectivity index is 2.24. The van der Waals surface area contributed by atoms with Crippen molar-refractivity contribution in [2.24, 2.45) is 0 Å². The van der Waals surface area contributed by atoms with E-state index in [-0.39, 0.29) is 11.9 Å². The van der Waals surface area contributed by atoms with Gasteiger partial charge in [0.1, 0.15) is 0 Å². The number of nitrogens with one attached hydrogen (secondary N) is 1. The van der Waals surface area contributed by atoms with Gasteiger partial charge in [0.2, 0.25) is 0 Å². The smallest absolute Gasteiger partial charge is 0.165 e. The molecule has 3 atom stereocenters. The van der Waals surface area contributed by atoms with Gasteiger partial charge in [0.05, 0.1) is 7.11 Å². The number of ether oxygens (including phenoxy) is 1. The molecule has 0 aliphatic carbocycles. The first-order valence-corrected chi connectivity index (χ1v) is 9.57. The Morgan fingerprint density at radius 2 is 2.14 bits per heavy atom. The Bertz CT molecular complexity index is 458. The maximum Gasteiger partial charge on any atom is 0.165 e. The lowest BCUT2D eigenvalue weighted by Gasteiger charge is -2.35. The summed E-state index contributed by atoms with van der Waals surface area (Å²) in [7, 11) is 1.50. The van der Waals surface area contributed by atoms with Crippen LogP contribution in [-0.2, 0) is 0 Å². The van der Waals surface area contributed by atoms with Gasteiger partial charge in [0.25, 0.3) is 0 Å². The summed E-state index contributed by atoms with van der Waals surface area (Å²) in [6.45, 7) is 5.39. The summed E-state index contributed by atoms with van der Waals surface area (Å²) in [6.07, 6.45) is 1.08. The van der Waals surface area contributed by atoms with E-state index >= 15 is 0 Å². The third-order valence-corrected chi connectivity index (χ3v) is 6.91. The van der Waals surface area contributed by atoms with Crippen LogP contribution in [0.3, 0.4) is 0 Å². The maximum absolute atomic E-state index is 14.0. The second-order valence-corrected chi connectivity index (χ2v) is 8.01. The van der Waals surface area contributed by atoms with Gasteiger partial charge >= 0.3 is 0 Å². The highest BCUT2D eigenvalue weighted by Crippen LogP contribution is 2.39. The molecule has 1 aliphatic heterocycles. The molecule has 0 spiro atoms. The van der Waals surface area contributed by atoms with E-state index in [9.17, 15) is 4.39 Å². The average molecular weight is 330 g/mol. The van der Waals surface area contributed by atoms with Crippen LogP contribution in [-0.4, -0.2) is 35.7 Å². The number of halogens is 1. The zero-order valence-corrected chi connectivity index (χ0v) is 14.5. The summed E-state index contributed by atoms with van der Waals surface area (Å²) in [4.78, 5) is 0. The highest BCUT2D eigenvalue weighted by atomic mass is 32.2. The lowest BCUT2D eigenvalue weighted by atomic mass is 10.0. The second kappa shape index (κ2) is 8.30. The van der Waals surface area contributed by atoms with Gasteiger partial charge in [-0.3, -0.25) is 0 Å². The molecule has 21 heavy (non-hydrogen) atoms. The van der Waals surface area contributed by atoms with Gasteiger partial charge in [0, 0.05) is 28.0 Å². The third-order valence-electron chi connectivity index (χ3n) is 3.71. The quantitative estimate of drug-likeness (QED) is 0.847. The fourth-order valence-corrected chi connectivity index (χ4v) is 5.56. The van der Waals surface area contributed by atoms with Crippen molar-refractivity contribution in [2.75, 3.05) is 25.2 Å². The fraction of sp³-hybridized carbons (Fsp3) is 0.625. The van der Waals surface area contributed by atoms with Crippen LogP contribution in [0, 0.1) is 5.82 Å². The summed E-state index contributed by atoms with van der Waals surface area (Å²) in [5.74, 6) is 2.41. The van der Waals surface area contributed by atoms with E-state index in [1.165, 1.54) is 18.6 Å². The Labute approximate surface area is 135 Å². The molecule has 1 N–H and O–H groups in total. The Morgan fingerprint density at radius 3 is 2.76 bits per heavy atom. The molecule has 0 amide bonds. The van der Waals surface area contributed by atoms with Crippen molar-refractivity contribution in [1.82, 2.24) is 5.32 Å². The van der Waals surface area contributed by atoms with Gasteiger partial charge in [-0.05, 0) is 30.7 Å². The molecule has 1 aliphatic rings. The third kappa shape index (κ3) is 4.30. The van der Waals surface area contributed by atoms with E-state index in [0.717, 1.165) is 18.5 Å². The molecule has 118 valence electrons. The summed E-state index contributed by atoms with van der Waals surface area (Å²) in [5.41, 5.74) is 1.02. The number of rotatable bonds is 6. The van der Waals surface area contributed by atoms with Crippen molar-refractivity contribution in [3.05, 3.63) is 29.6 Å². The van der Waals surface area contributed by atoms with Crippen LogP contribution in [0.4, 0.5) is 4.39 Å². The summed E-state index contributed by atoms with van der Waals surface area (Å²) >= 11 is 4.02. The van der Waals surface area contributed by atoms with Crippen LogP contribution in [0.1, 0.15) is 31.9 Å². The highest BCUT2D eigenvalue weighted by molar-refractivity contribution is 8.07. The van der Waals surface area contributed by atoms with Crippen LogP contribution in [0.2, 0.25) is 0 Å². The van der Waals surface area contributed by atoms with Crippen molar-refractivity contribution >= 4 is 23.5 Å². The SMILES string of the molecule is CCCNC(c1ccc(OC)c(F)c1)C1SCCSC1C. The monoisotopic (exact) mass is 329 g/mol. The standard InChI is InChI=1S/C16H24FNOS2/c1-4-7-18-15(16-11(2)20-8-9-21-16)12-5-6-14(19-3)13(17)10-12/h5-6,10-11,15-16,18H,4,7-9H2,1-3H3. The molecule has 0 radical (unpaired) electrons. The number of hydrogen-bond donors (Lipinski definition) is 1. The molecule has 1 aromatic carbocycles. The Hall–Kier alpha value is -0.390. The Kier molecular flexibility index (Phi) is 6.71. The van der Waals surface area contributed by atoms with Gasteiger partial charge in [-0.1, -0.05) is 19.9 Å². The van der Waals surface area contributed by atoms with Crippen molar-refractivity contribution < 1.29 is 9.13 Å². The molecule has 1 heterocycles. The predicted octanol–water partition coefficient (Wildman–Crippen LogP) is 4.11. The first-order valence-electron chi connectivity index (χ1n) is 7.47. The summed E-state index contributed by atoms with van der Waals surface area (Å²) < 4.78 is 19.1. The molecule has 0 aromatic heterocycles. The van der Waals surface area contributed by atoms with E-state index < -0.39 is 0 Å². The van der Waals surface area contributed by atoms with Gasteiger partial charge < -0.3 is 10.1 Å². The molecule has 1 fully saturated rings. The van der Waals surface area contributed by atoms with E-state index in [4.69, 9.17) is 4.74 Å². The molecular weight excluding hydrogens is 305 g/mol. The number of thioether (sulfide) groups is 2. The highest BCUT2D eigenvalue weighted by Gasteiger charge is 2.31. The molecule has 0 saturated carbocycles. The molecule has 2 rings (SSSR count). The van der Waals surface area contributed by atoms with Crippen LogP contribution >= 0.6 is 23.5 Å². The number of hydrogen-bond acceptors (Lipinski definition) is 4. The van der Waals surface area contributed by atoms with Crippen molar-refractivity contribution in [2.45, 2.75) is 36.8 Å². The lowest BCUT2D eigenvalue weighted by molar-refractivity contribution is 0.385. The van der Waals surface area contributed by atoms with Crippen LogP contribution in [0.5, 0.6) is 5.75 Å². The van der Waals surface area contributed by atoms with Gasteiger partial charge in [-0.2, -0.15) is 23.5 Å². The van der Waals surface area contributed by atoms with E-state index in [0.29, 0.717) is 16.2 Å². The molecule has 1 aromatic rings. The van der Waals surface area contributed by atoms with Gasteiger partial charge in [0.15, 0.2) is 11.6 Å². The average Bonchev–Trinajstić information content (AvgIpc) is 2.49. The molecule has 1 saturated heterocycles. The maximum atomic E-state index is 14.0. The van der Waals surface area contributed by atoms with Crippen molar-refractivity contribution in [1.29, 1.82) is 0 Å². The number of methoxy groups -OCH3 is 1. The van der Waals surface area contributed by atoms with E-state index in [1.807, 2.05) is 29.6 Å². The van der Waals surface area contributed by atoms with Crippen molar-refractivity contribution in [3.8, 4) is 5.75 Å². The molecule has 5 heteroatoms.